The summed E-state index contributed by atoms with van der Waals surface area (Å²) in [7, 11) is 0. The molecule has 2 aliphatic heterocycles. The number of benzene rings is 1. The molecular weight excluding hydrogens is 334 g/mol. The van der Waals surface area contributed by atoms with Gasteiger partial charge in [0.15, 0.2) is 0 Å². The molecule has 1 atom stereocenters. The molecule has 2 N–H and O–H groups in total. The number of H-pyrrole nitrogens is 1. The minimum absolute atomic E-state index is 0.0958. The van der Waals surface area contributed by atoms with Crippen LogP contribution in [0, 0.1) is 11.3 Å². The van der Waals surface area contributed by atoms with Gasteiger partial charge in [-0.15, -0.1) is 0 Å². The van der Waals surface area contributed by atoms with Crippen LogP contribution in [0.4, 0.5) is 4.79 Å². The maximum absolute atomic E-state index is 12.4. The number of nitrogens with one attached hydrogen (secondary N) is 1. The van der Waals surface area contributed by atoms with Crippen molar-refractivity contribution in [2.45, 2.75) is 31.3 Å². The number of nitriles is 1. The SMILES string of the molecule is N#Cc1ccc2[nH]c(=O)n(C3CCN(C4CCN(C(=O)O)C4)CC3)c2c1. The number of likely N-dealkylation sites (tertiary alicyclic amines) is 2. The minimum Gasteiger partial charge on any atom is -0.465 e. The number of hydrogen-bond acceptors (Lipinski definition) is 4. The smallest absolute Gasteiger partial charge is 0.407 e. The molecule has 1 amide bonds. The lowest BCUT2D eigenvalue weighted by molar-refractivity contribution is 0.126. The van der Waals surface area contributed by atoms with E-state index in [0.29, 0.717) is 18.7 Å². The van der Waals surface area contributed by atoms with Gasteiger partial charge in [-0.2, -0.15) is 5.26 Å². The number of fused-ring (bicyclic) bond motifs is 1. The van der Waals surface area contributed by atoms with E-state index in [2.05, 4.69) is 16.0 Å². The molecule has 2 aromatic rings. The van der Waals surface area contributed by atoms with Crippen molar-refractivity contribution in [3.63, 3.8) is 0 Å². The summed E-state index contributed by atoms with van der Waals surface area (Å²) in [5.74, 6) is 0. The van der Waals surface area contributed by atoms with Gasteiger partial charge in [-0.05, 0) is 37.5 Å². The Morgan fingerprint density at radius 1 is 1.19 bits per heavy atom. The number of piperidine rings is 1. The Bertz CT molecular complexity index is 932. The Balaban J connectivity index is 1.50. The van der Waals surface area contributed by atoms with Crippen molar-refractivity contribution in [3.8, 4) is 6.07 Å². The molecule has 2 saturated heterocycles. The number of amides is 1. The van der Waals surface area contributed by atoms with Crippen LogP contribution < -0.4 is 5.69 Å². The van der Waals surface area contributed by atoms with E-state index in [1.165, 1.54) is 4.90 Å². The molecule has 2 aliphatic rings. The molecule has 26 heavy (non-hydrogen) atoms. The Morgan fingerprint density at radius 3 is 2.58 bits per heavy atom. The Labute approximate surface area is 150 Å². The molecule has 8 heteroatoms. The molecule has 2 fully saturated rings. The lowest BCUT2D eigenvalue weighted by atomic mass is 10.0. The van der Waals surface area contributed by atoms with Gasteiger partial charge in [-0.3, -0.25) is 9.47 Å². The molecule has 0 bridgehead atoms. The van der Waals surface area contributed by atoms with Crippen molar-refractivity contribution in [1.29, 1.82) is 5.26 Å². The van der Waals surface area contributed by atoms with Crippen molar-refractivity contribution in [2.24, 2.45) is 0 Å². The molecule has 8 nitrogen and oxygen atoms in total. The highest BCUT2D eigenvalue weighted by atomic mass is 16.4. The lowest BCUT2D eigenvalue weighted by Gasteiger charge is -2.36. The molecule has 1 unspecified atom stereocenters. The first-order valence-electron chi connectivity index (χ1n) is 8.93. The molecular formula is C18H21N5O3. The Hall–Kier alpha value is -2.79. The normalized spacial score (nSPS) is 22.0. The van der Waals surface area contributed by atoms with Gasteiger partial charge in [0.25, 0.3) is 0 Å². The minimum atomic E-state index is -0.846. The maximum atomic E-state index is 12.4. The zero-order valence-electron chi connectivity index (χ0n) is 14.4. The van der Waals surface area contributed by atoms with E-state index in [9.17, 15) is 9.59 Å². The van der Waals surface area contributed by atoms with Gasteiger partial charge in [0, 0.05) is 38.3 Å². The summed E-state index contributed by atoms with van der Waals surface area (Å²) in [6, 6.07) is 7.75. The zero-order valence-corrected chi connectivity index (χ0v) is 14.4. The van der Waals surface area contributed by atoms with Crippen LogP contribution in [0.2, 0.25) is 0 Å². The zero-order chi connectivity index (χ0) is 18.3. The van der Waals surface area contributed by atoms with Gasteiger partial charge in [0.2, 0.25) is 0 Å². The average Bonchev–Trinajstić information content (AvgIpc) is 3.25. The Kier molecular flexibility index (Phi) is 4.17. The van der Waals surface area contributed by atoms with Crippen LogP contribution in [0.1, 0.15) is 30.9 Å². The van der Waals surface area contributed by atoms with Crippen LogP contribution in [-0.4, -0.2) is 62.8 Å². The number of hydrogen-bond donors (Lipinski definition) is 2. The molecule has 136 valence electrons. The molecule has 1 aromatic heterocycles. The second kappa shape index (κ2) is 6.50. The van der Waals surface area contributed by atoms with Crippen molar-refractivity contribution in [1.82, 2.24) is 19.4 Å². The van der Waals surface area contributed by atoms with Crippen LogP contribution in [-0.2, 0) is 0 Å². The number of aromatic nitrogens is 2. The largest absolute Gasteiger partial charge is 0.465 e. The predicted molar refractivity (Wildman–Crippen MR) is 95.1 cm³/mol. The fourth-order valence-electron chi connectivity index (χ4n) is 4.28. The molecule has 0 radical (unpaired) electrons. The van der Waals surface area contributed by atoms with E-state index >= 15 is 0 Å². The van der Waals surface area contributed by atoms with E-state index in [-0.39, 0.29) is 17.8 Å². The summed E-state index contributed by atoms with van der Waals surface area (Å²) in [5, 5.41) is 18.2. The second-order valence-electron chi connectivity index (χ2n) is 7.08. The van der Waals surface area contributed by atoms with Crippen LogP contribution >= 0.6 is 0 Å². The summed E-state index contributed by atoms with van der Waals surface area (Å²) in [6.45, 7) is 2.86. The number of aromatic amines is 1. The quantitative estimate of drug-likeness (QED) is 0.851. The average molecular weight is 355 g/mol. The van der Waals surface area contributed by atoms with Crippen LogP contribution in [0.3, 0.4) is 0 Å². The summed E-state index contributed by atoms with van der Waals surface area (Å²) >= 11 is 0. The standard InChI is InChI=1S/C18H21N5O3/c19-10-12-1-2-15-16(9-12)23(17(24)20-15)13-3-6-21(7-4-13)14-5-8-22(11-14)18(25)26/h1-2,9,13-14H,3-8,11H2,(H,20,24)(H,25,26). The first-order chi connectivity index (χ1) is 12.6. The first-order valence-corrected chi connectivity index (χ1v) is 8.93. The van der Waals surface area contributed by atoms with E-state index in [1.807, 2.05) is 0 Å². The van der Waals surface area contributed by atoms with Gasteiger partial charge in [0.05, 0.1) is 22.7 Å². The highest BCUT2D eigenvalue weighted by molar-refractivity contribution is 5.77. The number of carbonyl (C=O) groups is 1. The summed E-state index contributed by atoms with van der Waals surface area (Å²) in [5.41, 5.74) is 1.95. The van der Waals surface area contributed by atoms with E-state index < -0.39 is 6.09 Å². The number of carboxylic acid groups (broad SMARTS) is 1. The number of imidazole rings is 1. The number of rotatable bonds is 2. The van der Waals surface area contributed by atoms with Crippen molar-refractivity contribution in [3.05, 3.63) is 34.2 Å². The first kappa shape index (κ1) is 16.7. The summed E-state index contributed by atoms with van der Waals surface area (Å²) in [4.78, 5) is 30.2. The topological polar surface area (TPSA) is 105 Å². The number of nitrogens with zero attached hydrogens (tertiary/aromatic N) is 4. The van der Waals surface area contributed by atoms with Gasteiger partial charge in [0.1, 0.15) is 0 Å². The summed E-state index contributed by atoms with van der Waals surface area (Å²) < 4.78 is 1.78. The second-order valence-corrected chi connectivity index (χ2v) is 7.08. The maximum Gasteiger partial charge on any atom is 0.407 e. The molecule has 0 saturated carbocycles. The van der Waals surface area contributed by atoms with Gasteiger partial charge in [-0.1, -0.05) is 0 Å². The molecule has 0 spiro atoms. The fraction of sp³-hybridized carbons (Fsp3) is 0.500. The van der Waals surface area contributed by atoms with Crippen LogP contribution in [0.5, 0.6) is 0 Å². The van der Waals surface area contributed by atoms with Gasteiger partial charge >= 0.3 is 11.8 Å². The Morgan fingerprint density at radius 2 is 1.92 bits per heavy atom. The lowest BCUT2D eigenvalue weighted by Crippen LogP contribution is -2.44. The highest BCUT2D eigenvalue weighted by Crippen LogP contribution is 2.28. The summed E-state index contributed by atoms with van der Waals surface area (Å²) in [6.07, 6.45) is 1.71. The third-order valence-corrected chi connectivity index (χ3v) is 5.66. The van der Waals surface area contributed by atoms with E-state index in [1.54, 1.807) is 22.8 Å². The third kappa shape index (κ3) is 2.84. The molecule has 0 aliphatic carbocycles. The monoisotopic (exact) mass is 355 g/mol. The predicted octanol–water partition coefficient (Wildman–Crippen LogP) is 1.59. The molecule has 3 heterocycles. The van der Waals surface area contributed by atoms with Crippen molar-refractivity contribution < 1.29 is 9.90 Å². The molecule has 1 aromatic carbocycles. The van der Waals surface area contributed by atoms with Gasteiger partial charge < -0.3 is 15.0 Å². The highest BCUT2D eigenvalue weighted by Gasteiger charge is 2.33. The fourth-order valence-corrected chi connectivity index (χ4v) is 4.28. The van der Waals surface area contributed by atoms with Crippen LogP contribution in [0.15, 0.2) is 23.0 Å². The van der Waals surface area contributed by atoms with Crippen molar-refractivity contribution in [2.75, 3.05) is 26.2 Å². The van der Waals surface area contributed by atoms with E-state index in [0.717, 1.165) is 43.4 Å². The molecule has 4 rings (SSSR count). The van der Waals surface area contributed by atoms with Gasteiger partial charge in [-0.25, -0.2) is 9.59 Å². The van der Waals surface area contributed by atoms with Crippen molar-refractivity contribution >= 4 is 17.1 Å². The van der Waals surface area contributed by atoms with Crippen LogP contribution in [0.25, 0.3) is 11.0 Å². The van der Waals surface area contributed by atoms with E-state index in [4.69, 9.17) is 10.4 Å². The third-order valence-electron chi connectivity index (χ3n) is 5.66.